The Bertz CT molecular complexity index is 713. The molecule has 2 heterocycles. The van der Waals surface area contributed by atoms with Crippen molar-refractivity contribution in [2.24, 2.45) is 0 Å². The van der Waals surface area contributed by atoms with E-state index in [4.69, 9.17) is 13.9 Å². The Kier molecular flexibility index (Phi) is 6.56. The van der Waals surface area contributed by atoms with E-state index in [1.807, 2.05) is 24.3 Å². The summed E-state index contributed by atoms with van der Waals surface area (Å²) < 4.78 is 16.1. The van der Waals surface area contributed by atoms with Crippen molar-refractivity contribution in [3.63, 3.8) is 0 Å². The fourth-order valence-electron chi connectivity index (χ4n) is 2.71. The number of nitrogens with one attached hydrogen (secondary N) is 1. The van der Waals surface area contributed by atoms with Crippen LogP contribution in [-0.4, -0.2) is 67.5 Å². The molecule has 1 fully saturated rings. The van der Waals surface area contributed by atoms with Crippen LogP contribution in [-0.2, 0) is 16.0 Å². The molecule has 0 unspecified atom stereocenters. The average molecular weight is 360 g/mol. The molecular weight excluding hydrogens is 336 g/mol. The number of ether oxygens (including phenoxy) is 2. The summed E-state index contributed by atoms with van der Waals surface area (Å²) in [7, 11) is 1.61. The molecule has 1 aliphatic rings. The van der Waals surface area contributed by atoms with E-state index in [2.05, 4.69) is 20.4 Å². The largest absolute Gasteiger partial charge is 0.497 e. The van der Waals surface area contributed by atoms with E-state index >= 15 is 0 Å². The molecule has 1 saturated heterocycles. The molecule has 0 atom stereocenters. The number of carbonyl (C=O) groups excluding carboxylic acids is 1. The summed E-state index contributed by atoms with van der Waals surface area (Å²) in [6.07, 6.45) is 0.739. The molecule has 1 aliphatic heterocycles. The Morgan fingerprint density at radius 2 is 2.15 bits per heavy atom. The standard InChI is InChI=1S/C18H24N4O4/c1-24-15-4-2-3-14(13-15)18-21-20-17(26-18)6-5-16(23)19-7-8-22-9-11-25-12-10-22/h2-4,13H,5-12H2,1H3,(H,19,23). The maximum absolute atomic E-state index is 12.0. The zero-order valence-electron chi connectivity index (χ0n) is 14.9. The number of benzene rings is 1. The molecule has 26 heavy (non-hydrogen) atoms. The van der Waals surface area contributed by atoms with Gasteiger partial charge >= 0.3 is 0 Å². The van der Waals surface area contributed by atoms with E-state index in [0.717, 1.165) is 44.2 Å². The van der Waals surface area contributed by atoms with Gasteiger partial charge in [0.05, 0.1) is 20.3 Å². The van der Waals surface area contributed by atoms with Gasteiger partial charge in [0.1, 0.15) is 5.75 Å². The lowest BCUT2D eigenvalue weighted by atomic mass is 10.2. The van der Waals surface area contributed by atoms with Crippen LogP contribution >= 0.6 is 0 Å². The maximum Gasteiger partial charge on any atom is 0.247 e. The minimum absolute atomic E-state index is 0.0145. The van der Waals surface area contributed by atoms with Gasteiger partial charge in [-0.05, 0) is 18.2 Å². The molecule has 1 N–H and O–H groups in total. The highest BCUT2D eigenvalue weighted by atomic mass is 16.5. The number of aromatic nitrogens is 2. The predicted molar refractivity (Wildman–Crippen MR) is 94.9 cm³/mol. The van der Waals surface area contributed by atoms with Crippen molar-refractivity contribution in [1.82, 2.24) is 20.4 Å². The predicted octanol–water partition coefficient (Wildman–Crippen LogP) is 1.13. The van der Waals surface area contributed by atoms with Gasteiger partial charge in [0.25, 0.3) is 0 Å². The van der Waals surface area contributed by atoms with Gasteiger partial charge in [-0.2, -0.15) is 0 Å². The fourth-order valence-corrected chi connectivity index (χ4v) is 2.71. The Morgan fingerprint density at radius 1 is 1.31 bits per heavy atom. The average Bonchev–Trinajstić information content (AvgIpc) is 3.16. The van der Waals surface area contributed by atoms with Crippen molar-refractivity contribution in [3.05, 3.63) is 30.2 Å². The lowest BCUT2D eigenvalue weighted by molar-refractivity contribution is -0.121. The lowest BCUT2D eigenvalue weighted by Gasteiger charge is -2.26. The van der Waals surface area contributed by atoms with Gasteiger partial charge in [-0.1, -0.05) is 6.07 Å². The lowest BCUT2D eigenvalue weighted by Crippen LogP contribution is -2.41. The van der Waals surface area contributed by atoms with Gasteiger partial charge in [-0.3, -0.25) is 9.69 Å². The molecule has 3 rings (SSSR count). The van der Waals surface area contributed by atoms with Crippen molar-refractivity contribution in [2.45, 2.75) is 12.8 Å². The van der Waals surface area contributed by atoms with E-state index in [9.17, 15) is 4.79 Å². The highest BCUT2D eigenvalue weighted by molar-refractivity contribution is 5.76. The van der Waals surface area contributed by atoms with Crippen LogP contribution in [0.15, 0.2) is 28.7 Å². The summed E-state index contributed by atoms with van der Waals surface area (Å²) in [5.41, 5.74) is 0.790. The van der Waals surface area contributed by atoms with E-state index in [0.29, 0.717) is 31.2 Å². The van der Waals surface area contributed by atoms with Crippen molar-refractivity contribution in [3.8, 4) is 17.2 Å². The normalized spacial score (nSPS) is 15.0. The van der Waals surface area contributed by atoms with Crippen LogP contribution in [0.2, 0.25) is 0 Å². The molecular formula is C18H24N4O4. The van der Waals surface area contributed by atoms with Gasteiger partial charge in [0.2, 0.25) is 17.7 Å². The SMILES string of the molecule is COc1cccc(-c2nnc(CCC(=O)NCCN3CCOCC3)o2)c1. The molecule has 0 bridgehead atoms. The Balaban J connectivity index is 1.41. The topological polar surface area (TPSA) is 89.7 Å². The first kappa shape index (κ1) is 18.3. The number of hydrogen-bond acceptors (Lipinski definition) is 7. The van der Waals surface area contributed by atoms with Crippen molar-refractivity contribution in [1.29, 1.82) is 0 Å². The summed E-state index contributed by atoms with van der Waals surface area (Å²) in [5, 5.41) is 11.0. The molecule has 140 valence electrons. The summed E-state index contributed by atoms with van der Waals surface area (Å²) in [6, 6.07) is 7.41. The molecule has 0 aliphatic carbocycles. The molecule has 8 heteroatoms. The van der Waals surface area contributed by atoms with Crippen molar-refractivity contribution < 1.29 is 18.7 Å². The summed E-state index contributed by atoms with van der Waals surface area (Å²) in [5.74, 6) is 1.58. The summed E-state index contributed by atoms with van der Waals surface area (Å²) >= 11 is 0. The van der Waals surface area contributed by atoms with Crippen molar-refractivity contribution >= 4 is 5.91 Å². The number of nitrogens with zero attached hydrogens (tertiary/aromatic N) is 3. The Morgan fingerprint density at radius 3 is 2.96 bits per heavy atom. The smallest absolute Gasteiger partial charge is 0.247 e. The Hall–Kier alpha value is -2.45. The van der Waals surface area contributed by atoms with E-state index in [1.165, 1.54) is 0 Å². The highest BCUT2D eigenvalue weighted by Crippen LogP contribution is 2.22. The Labute approximate surface area is 152 Å². The third kappa shape index (κ3) is 5.27. The molecule has 0 saturated carbocycles. The number of morpholine rings is 1. The molecule has 0 radical (unpaired) electrons. The van der Waals surface area contributed by atoms with Gasteiger partial charge in [-0.25, -0.2) is 0 Å². The molecule has 2 aromatic rings. The van der Waals surface area contributed by atoms with Crippen LogP contribution in [0.4, 0.5) is 0 Å². The number of carbonyl (C=O) groups is 1. The van der Waals surface area contributed by atoms with Crippen LogP contribution in [0.1, 0.15) is 12.3 Å². The number of rotatable bonds is 8. The monoisotopic (exact) mass is 360 g/mol. The number of amides is 1. The van der Waals surface area contributed by atoms with E-state index < -0.39 is 0 Å². The second-order valence-electron chi connectivity index (χ2n) is 6.04. The minimum Gasteiger partial charge on any atom is -0.497 e. The second kappa shape index (κ2) is 9.30. The van der Waals surface area contributed by atoms with Gasteiger partial charge in [0.15, 0.2) is 0 Å². The third-order valence-electron chi connectivity index (χ3n) is 4.20. The van der Waals surface area contributed by atoms with Gasteiger partial charge in [0, 0.05) is 44.6 Å². The number of methoxy groups -OCH3 is 1. The third-order valence-corrected chi connectivity index (χ3v) is 4.20. The zero-order valence-corrected chi connectivity index (χ0v) is 14.9. The van der Waals surface area contributed by atoms with Crippen LogP contribution in [0.25, 0.3) is 11.5 Å². The first-order valence-electron chi connectivity index (χ1n) is 8.78. The zero-order chi connectivity index (χ0) is 18.2. The molecule has 1 aromatic carbocycles. The van der Waals surface area contributed by atoms with Crippen LogP contribution < -0.4 is 10.1 Å². The fraction of sp³-hybridized carbons (Fsp3) is 0.500. The van der Waals surface area contributed by atoms with Gasteiger partial charge < -0.3 is 19.2 Å². The number of aryl methyl sites for hydroxylation is 1. The summed E-state index contributed by atoms with van der Waals surface area (Å²) in [6.45, 7) is 4.85. The second-order valence-corrected chi connectivity index (χ2v) is 6.04. The van der Waals surface area contributed by atoms with E-state index in [1.54, 1.807) is 7.11 Å². The minimum atomic E-state index is -0.0145. The highest BCUT2D eigenvalue weighted by Gasteiger charge is 2.12. The van der Waals surface area contributed by atoms with Crippen LogP contribution in [0.5, 0.6) is 5.75 Å². The quantitative estimate of drug-likeness (QED) is 0.755. The van der Waals surface area contributed by atoms with Crippen molar-refractivity contribution in [2.75, 3.05) is 46.5 Å². The van der Waals surface area contributed by atoms with E-state index in [-0.39, 0.29) is 5.91 Å². The molecule has 1 aromatic heterocycles. The molecule has 8 nitrogen and oxygen atoms in total. The van der Waals surface area contributed by atoms with Crippen LogP contribution in [0, 0.1) is 0 Å². The first-order valence-corrected chi connectivity index (χ1v) is 8.78. The molecule has 0 spiro atoms. The molecule has 1 amide bonds. The summed E-state index contributed by atoms with van der Waals surface area (Å²) in [4.78, 5) is 14.2. The first-order chi connectivity index (χ1) is 12.7. The maximum atomic E-state index is 12.0. The van der Waals surface area contributed by atoms with Gasteiger partial charge in [-0.15, -0.1) is 10.2 Å². The number of hydrogen-bond donors (Lipinski definition) is 1. The van der Waals surface area contributed by atoms with Crippen LogP contribution in [0.3, 0.4) is 0 Å².